The number of hydrogen-bond donors (Lipinski definition) is 1. The molecule has 0 fully saturated rings. The standard InChI is InChI=1S/C15H20N4O2S/c1-4-5-6-14-17-18-15(22)19(14)16-10-11-9-12(20-2)7-8-13(11)21-3/h7-10H,4-6H2,1-3H3,(H,18,22)/b16-10+. The Morgan fingerprint density at radius 3 is 2.86 bits per heavy atom. The summed E-state index contributed by atoms with van der Waals surface area (Å²) in [7, 11) is 3.24. The van der Waals surface area contributed by atoms with Gasteiger partial charge in [-0.2, -0.15) is 14.9 Å². The van der Waals surface area contributed by atoms with Gasteiger partial charge in [0.25, 0.3) is 0 Å². The highest BCUT2D eigenvalue weighted by molar-refractivity contribution is 7.71. The number of methoxy groups -OCH3 is 2. The summed E-state index contributed by atoms with van der Waals surface area (Å²) in [6.45, 7) is 2.13. The first kappa shape index (κ1) is 16.2. The first-order chi connectivity index (χ1) is 10.7. The van der Waals surface area contributed by atoms with Crippen molar-refractivity contribution < 1.29 is 9.47 Å². The molecule has 0 radical (unpaired) electrons. The summed E-state index contributed by atoms with van der Waals surface area (Å²) in [4.78, 5) is 0. The number of aromatic amines is 1. The van der Waals surface area contributed by atoms with Crippen molar-refractivity contribution in [1.82, 2.24) is 14.9 Å². The van der Waals surface area contributed by atoms with Crippen molar-refractivity contribution in [2.45, 2.75) is 26.2 Å². The zero-order chi connectivity index (χ0) is 15.9. The van der Waals surface area contributed by atoms with Crippen LogP contribution in [0.2, 0.25) is 0 Å². The van der Waals surface area contributed by atoms with E-state index in [9.17, 15) is 0 Å². The highest BCUT2D eigenvalue weighted by Gasteiger charge is 2.06. The lowest BCUT2D eigenvalue weighted by Gasteiger charge is -2.07. The Morgan fingerprint density at radius 2 is 2.18 bits per heavy atom. The lowest BCUT2D eigenvalue weighted by Crippen LogP contribution is -2.00. The minimum Gasteiger partial charge on any atom is -0.497 e. The highest BCUT2D eigenvalue weighted by Crippen LogP contribution is 2.22. The highest BCUT2D eigenvalue weighted by atomic mass is 32.1. The monoisotopic (exact) mass is 320 g/mol. The molecule has 2 aromatic rings. The van der Waals surface area contributed by atoms with E-state index in [2.05, 4.69) is 22.2 Å². The Bertz CT molecular complexity index is 706. The van der Waals surface area contributed by atoms with Gasteiger partial charge in [0.2, 0.25) is 4.77 Å². The molecule has 0 aliphatic rings. The van der Waals surface area contributed by atoms with Crippen LogP contribution in [0.25, 0.3) is 0 Å². The first-order valence-electron chi connectivity index (χ1n) is 7.12. The van der Waals surface area contributed by atoms with Gasteiger partial charge in [0.15, 0.2) is 5.82 Å². The smallest absolute Gasteiger partial charge is 0.216 e. The summed E-state index contributed by atoms with van der Waals surface area (Å²) in [6.07, 6.45) is 4.66. The maximum atomic E-state index is 5.33. The second-order valence-corrected chi connectivity index (χ2v) is 5.10. The topological polar surface area (TPSA) is 64.4 Å². The molecule has 6 nitrogen and oxygen atoms in total. The van der Waals surface area contributed by atoms with Crippen LogP contribution in [0, 0.1) is 4.77 Å². The zero-order valence-electron chi connectivity index (χ0n) is 13.0. The first-order valence-corrected chi connectivity index (χ1v) is 7.53. The largest absolute Gasteiger partial charge is 0.497 e. The van der Waals surface area contributed by atoms with E-state index in [1.165, 1.54) is 0 Å². The van der Waals surface area contributed by atoms with Crippen molar-refractivity contribution >= 4 is 18.4 Å². The lowest BCUT2D eigenvalue weighted by atomic mass is 10.2. The van der Waals surface area contributed by atoms with Gasteiger partial charge < -0.3 is 9.47 Å². The fourth-order valence-corrected chi connectivity index (χ4v) is 2.20. The van der Waals surface area contributed by atoms with Gasteiger partial charge in [-0.3, -0.25) is 5.10 Å². The van der Waals surface area contributed by atoms with Gasteiger partial charge in [-0.05, 0) is 36.8 Å². The van der Waals surface area contributed by atoms with Crippen LogP contribution in [0.5, 0.6) is 11.5 Å². The molecule has 22 heavy (non-hydrogen) atoms. The molecule has 1 aromatic carbocycles. The molecule has 1 aromatic heterocycles. The van der Waals surface area contributed by atoms with Crippen molar-refractivity contribution in [3.63, 3.8) is 0 Å². The molecular weight excluding hydrogens is 300 g/mol. The maximum Gasteiger partial charge on any atom is 0.216 e. The molecular formula is C15H20N4O2S. The quantitative estimate of drug-likeness (QED) is 0.628. The van der Waals surface area contributed by atoms with Crippen molar-refractivity contribution in [3.05, 3.63) is 34.4 Å². The number of nitrogens with zero attached hydrogens (tertiary/aromatic N) is 3. The molecule has 1 N–H and O–H groups in total. The average Bonchev–Trinajstić information content (AvgIpc) is 2.90. The van der Waals surface area contributed by atoms with Gasteiger partial charge in [0.05, 0.1) is 20.4 Å². The summed E-state index contributed by atoms with van der Waals surface area (Å²) >= 11 is 5.22. The number of ether oxygens (including phenoxy) is 2. The Labute approximate surface area is 134 Å². The van der Waals surface area contributed by atoms with E-state index in [1.54, 1.807) is 25.1 Å². The number of unbranched alkanes of at least 4 members (excludes halogenated alkanes) is 1. The van der Waals surface area contributed by atoms with Crippen LogP contribution in [0.4, 0.5) is 0 Å². The minimum atomic E-state index is 0.476. The normalized spacial score (nSPS) is 11.0. The van der Waals surface area contributed by atoms with Crippen molar-refractivity contribution in [2.24, 2.45) is 5.10 Å². The molecule has 118 valence electrons. The molecule has 0 aliphatic heterocycles. The second-order valence-electron chi connectivity index (χ2n) is 4.71. The zero-order valence-corrected chi connectivity index (χ0v) is 13.8. The fourth-order valence-electron chi connectivity index (χ4n) is 2.00. The van der Waals surface area contributed by atoms with Crippen LogP contribution in [0.3, 0.4) is 0 Å². The van der Waals surface area contributed by atoms with Gasteiger partial charge >= 0.3 is 0 Å². The van der Waals surface area contributed by atoms with Crippen molar-refractivity contribution in [3.8, 4) is 11.5 Å². The summed E-state index contributed by atoms with van der Waals surface area (Å²) in [5, 5.41) is 11.4. The Hall–Kier alpha value is -2.15. The van der Waals surface area contributed by atoms with Crippen LogP contribution < -0.4 is 9.47 Å². The van der Waals surface area contributed by atoms with E-state index >= 15 is 0 Å². The van der Waals surface area contributed by atoms with E-state index < -0.39 is 0 Å². The van der Waals surface area contributed by atoms with E-state index in [0.717, 1.165) is 42.1 Å². The lowest BCUT2D eigenvalue weighted by molar-refractivity contribution is 0.402. The van der Waals surface area contributed by atoms with Gasteiger partial charge in [-0.15, -0.1) is 0 Å². The number of benzene rings is 1. The SMILES string of the molecule is CCCCc1n[nH]c(=S)n1/N=C/c1cc(OC)ccc1OC. The second kappa shape index (κ2) is 7.74. The number of aryl methyl sites for hydroxylation is 1. The summed E-state index contributed by atoms with van der Waals surface area (Å²) in [5.41, 5.74) is 0.811. The number of rotatable bonds is 7. The predicted octanol–water partition coefficient (Wildman–Crippen LogP) is 3.18. The number of hydrogen-bond acceptors (Lipinski definition) is 5. The average molecular weight is 320 g/mol. The molecule has 2 rings (SSSR count). The molecule has 0 atom stereocenters. The molecule has 0 aliphatic carbocycles. The van der Waals surface area contributed by atoms with Crippen molar-refractivity contribution in [2.75, 3.05) is 14.2 Å². The van der Waals surface area contributed by atoms with E-state index in [4.69, 9.17) is 21.7 Å². The number of H-pyrrole nitrogens is 1. The van der Waals surface area contributed by atoms with E-state index in [1.807, 2.05) is 18.2 Å². The van der Waals surface area contributed by atoms with Crippen LogP contribution in [-0.4, -0.2) is 35.3 Å². The van der Waals surface area contributed by atoms with Crippen LogP contribution in [0.1, 0.15) is 31.2 Å². The van der Waals surface area contributed by atoms with Gasteiger partial charge in [0.1, 0.15) is 11.5 Å². The minimum absolute atomic E-state index is 0.476. The molecule has 0 saturated heterocycles. The van der Waals surface area contributed by atoms with Crippen LogP contribution in [-0.2, 0) is 6.42 Å². The molecule has 1 heterocycles. The molecule has 0 amide bonds. The summed E-state index contributed by atoms with van der Waals surface area (Å²) in [5.74, 6) is 2.28. The third kappa shape index (κ3) is 3.73. The van der Waals surface area contributed by atoms with Crippen LogP contribution >= 0.6 is 12.2 Å². The third-order valence-corrected chi connectivity index (χ3v) is 3.48. The Morgan fingerprint density at radius 1 is 1.36 bits per heavy atom. The van der Waals surface area contributed by atoms with Gasteiger partial charge in [0, 0.05) is 12.0 Å². The van der Waals surface area contributed by atoms with Gasteiger partial charge in [-0.25, -0.2) is 0 Å². The molecule has 0 unspecified atom stereocenters. The summed E-state index contributed by atoms with van der Waals surface area (Å²) < 4.78 is 12.7. The van der Waals surface area contributed by atoms with Gasteiger partial charge in [-0.1, -0.05) is 13.3 Å². The maximum absolute atomic E-state index is 5.33. The molecule has 0 bridgehead atoms. The molecule has 7 heteroatoms. The Balaban J connectivity index is 2.32. The van der Waals surface area contributed by atoms with Crippen LogP contribution in [0.15, 0.2) is 23.3 Å². The van der Waals surface area contributed by atoms with E-state index in [-0.39, 0.29) is 0 Å². The van der Waals surface area contributed by atoms with Crippen molar-refractivity contribution in [1.29, 1.82) is 0 Å². The molecule has 0 saturated carbocycles. The number of nitrogens with one attached hydrogen (secondary N) is 1. The van der Waals surface area contributed by atoms with E-state index in [0.29, 0.717) is 4.77 Å². The number of aromatic nitrogens is 3. The third-order valence-electron chi connectivity index (χ3n) is 3.22. The fraction of sp³-hybridized carbons (Fsp3) is 0.400. The summed E-state index contributed by atoms with van der Waals surface area (Å²) in [6, 6.07) is 5.54. The Kier molecular flexibility index (Phi) is 5.71. The molecule has 0 spiro atoms. The predicted molar refractivity (Wildman–Crippen MR) is 88.6 cm³/mol.